The highest BCUT2D eigenvalue weighted by Crippen LogP contribution is 2.68. The van der Waals surface area contributed by atoms with Crippen molar-refractivity contribution in [1.29, 1.82) is 0 Å². The topological polar surface area (TPSA) is 247 Å². The molecular formula is C58H62ClF10N7O13P2S2. The van der Waals surface area contributed by atoms with Gasteiger partial charge in [0.1, 0.15) is 46.6 Å². The zero-order chi connectivity index (χ0) is 69.3. The Kier molecular flexibility index (Phi) is 20.2. The van der Waals surface area contributed by atoms with E-state index in [1.165, 1.54) is 60.6 Å². The van der Waals surface area contributed by atoms with Crippen LogP contribution in [0.3, 0.4) is 0 Å². The Labute approximate surface area is 533 Å². The summed E-state index contributed by atoms with van der Waals surface area (Å²) in [7, 11) is -15.1. The number of sulfonamides is 1. The number of halogens is 11. The number of anilines is 1. The lowest BCUT2D eigenvalue weighted by Crippen LogP contribution is -2.40. The van der Waals surface area contributed by atoms with Crippen LogP contribution in [0.4, 0.5) is 49.7 Å². The molecule has 20 nitrogen and oxygen atoms in total. The molecule has 0 bridgehead atoms. The Morgan fingerprint density at radius 1 is 0.871 bits per heavy atom. The van der Waals surface area contributed by atoms with Crippen LogP contribution >= 0.6 is 27.0 Å². The minimum absolute atomic E-state index is 0.0646. The number of aryl methyl sites for hydroxylation is 1. The SMILES string of the molecule is CCOP(=O)(OCC)Oc1cc(CP(=O)(OC)OC)cc(C)c1C(C)(C)CC(=O)N(c1nn(CC(F)(F)F)c2c(-c3ccc(C#CC(C)(C)S(C)(=O)=O)nc3[C@H](Cc3cc(F)cc(F)c3)NC(=O)Cn3nc(C(F)(F)F)c4c3C(F)(F)[C@@H]3C[C@H]43)ccc(Cl)c12)S(C)(=O)=O. The van der Waals surface area contributed by atoms with Crippen molar-refractivity contribution in [2.45, 2.75) is 127 Å². The number of sulfone groups is 1. The van der Waals surface area contributed by atoms with Crippen LogP contribution < -0.4 is 14.1 Å². The number of benzene rings is 3. The molecule has 93 heavy (non-hydrogen) atoms. The Morgan fingerprint density at radius 3 is 2.04 bits per heavy atom. The fourth-order valence-electron chi connectivity index (χ4n) is 11.2. The summed E-state index contributed by atoms with van der Waals surface area (Å²) in [6.07, 6.45) is -11.4. The van der Waals surface area contributed by atoms with Crippen molar-refractivity contribution in [3.63, 3.8) is 0 Å². The number of carbonyl (C=O) groups is 2. The minimum atomic E-state index is -5.26. The van der Waals surface area contributed by atoms with Crippen molar-refractivity contribution in [3.05, 3.63) is 122 Å². The number of amides is 2. The average molecular weight is 1420 g/mol. The number of phosphoric ester groups is 1. The molecule has 3 atom stereocenters. The first kappa shape index (κ1) is 72.4. The smallest absolute Gasteiger partial charge is 0.404 e. The van der Waals surface area contributed by atoms with Crippen molar-refractivity contribution in [1.82, 2.24) is 29.9 Å². The molecule has 3 aromatic carbocycles. The third kappa shape index (κ3) is 15.5. The van der Waals surface area contributed by atoms with Gasteiger partial charge in [0, 0.05) is 66.5 Å². The van der Waals surface area contributed by atoms with Gasteiger partial charge in [-0.1, -0.05) is 43.5 Å². The van der Waals surface area contributed by atoms with Crippen molar-refractivity contribution in [2.24, 2.45) is 5.92 Å². The number of hydrogen-bond donors (Lipinski definition) is 1. The molecule has 1 saturated carbocycles. The zero-order valence-corrected chi connectivity index (χ0v) is 55.6. The lowest BCUT2D eigenvalue weighted by atomic mass is 9.78. The number of nitrogens with zero attached hydrogens (tertiary/aromatic N) is 6. The molecule has 0 saturated heterocycles. The zero-order valence-electron chi connectivity index (χ0n) is 51.4. The third-order valence-electron chi connectivity index (χ3n) is 15.4. The Morgan fingerprint density at radius 2 is 1.48 bits per heavy atom. The summed E-state index contributed by atoms with van der Waals surface area (Å²) in [5.74, 6) is -7.91. The van der Waals surface area contributed by atoms with Crippen LogP contribution in [0.15, 0.2) is 54.6 Å². The number of pyridine rings is 1. The number of phosphoric acid groups is 1. The number of fused-ring (bicyclic) bond motifs is 4. The molecule has 0 radical (unpaired) electrons. The van der Waals surface area contributed by atoms with E-state index in [4.69, 9.17) is 34.2 Å². The fourth-order valence-corrected chi connectivity index (χ4v) is 14.8. The monoisotopic (exact) mass is 1420 g/mol. The summed E-state index contributed by atoms with van der Waals surface area (Å²) in [6, 6.07) is 7.38. The molecule has 1 fully saturated rings. The summed E-state index contributed by atoms with van der Waals surface area (Å²) in [5.41, 5.74) is -7.38. The summed E-state index contributed by atoms with van der Waals surface area (Å²) in [6.45, 7) is 6.00. The molecule has 6 aromatic rings. The summed E-state index contributed by atoms with van der Waals surface area (Å²) < 4.78 is 258. The van der Waals surface area contributed by atoms with Crippen LogP contribution in [0.1, 0.15) is 117 Å². The highest BCUT2D eigenvalue weighted by atomic mass is 35.5. The lowest BCUT2D eigenvalue weighted by Gasteiger charge is -2.32. The van der Waals surface area contributed by atoms with Crippen molar-refractivity contribution in [3.8, 4) is 28.7 Å². The van der Waals surface area contributed by atoms with E-state index in [0.29, 0.717) is 12.3 Å². The maximum Gasteiger partial charge on any atom is 0.530 e. The van der Waals surface area contributed by atoms with Gasteiger partial charge in [-0.2, -0.15) is 49.6 Å². The second kappa shape index (κ2) is 26.0. The van der Waals surface area contributed by atoms with E-state index in [2.05, 4.69) is 32.3 Å². The van der Waals surface area contributed by atoms with E-state index in [-0.39, 0.29) is 78.7 Å². The fraction of sp³-hybridized carbons (Fsp3) is 0.466. The van der Waals surface area contributed by atoms with Crippen LogP contribution in [0.5, 0.6) is 5.75 Å². The molecule has 35 heteroatoms. The first-order valence-electron chi connectivity index (χ1n) is 28.1. The Balaban J connectivity index is 1.34. The Hall–Kier alpha value is -6.42. The first-order valence-corrected chi connectivity index (χ1v) is 35.4. The van der Waals surface area contributed by atoms with Gasteiger partial charge in [0.05, 0.1) is 53.3 Å². The van der Waals surface area contributed by atoms with Crippen molar-refractivity contribution in [2.75, 3.05) is 44.3 Å². The molecule has 0 aliphatic heterocycles. The molecule has 2 amide bonds. The quantitative estimate of drug-likeness (QED) is 0.0336. The molecule has 2 aliphatic rings. The van der Waals surface area contributed by atoms with E-state index >= 15 is 35.5 Å². The van der Waals surface area contributed by atoms with Gasteiger partial charge < -0.3 is 18.9 Å². The van der Waals surface area contributed by atoms with Gasteiger partial charge >= 0.3 is 27.8 Å². The molecule has 8 rings (SSSR count). The maximum absolute atomic E-state index is 15.8. The molecule has 506 valence electrons. The van der Waals surface area contributed by atoms with Gasteiger partial charge in [0.2, 0.25) is 21.8 Å². The number of hydrogen-bond acceptors (Lipinski definition) is 16. The van der Waals surface area contributed by atoms with Crippen LogP contribution in [0.25, 0.3) is 22.0 Å². The number of aromatic nitrogens is 5. The van der Waals surface area contributed by atoms with Gasteiger partial charge in [-0.3, -0.25) is 32.6 Å². The van der Waals surface area contributed by atoms with Gasteiger partial charge in [-0.05, 0) is 112 Å². The van der Waals surface area contributed by atoms with Crippen LogP contribution in [0.2, 0.25) is 5.02 Å². The number of nitrogens with one attached hydrogen (secondary N) is 1. The second-order valence-electron chi connectivity index (χ2n) is 23.3. The molecule has 0 unspecified atom stereocenters. The largest absolute Gasteiger partial charge is 0.530 e. The lowest BCUT2D eigenvalue weighted by molar-refractivity contribution is -0.143. The van der Waals surface area contributed by atoms with Crippen LogP contribution in [-0.4, -0.2) is 104 Å². The highest BCUT2D eigenvalue weighted by Gasteiger charge is 2.68. The predicted octanol–water partition coefficient (Wildman–Crippen LogP) is 12.8. The summed E-state index contributed by atoms with van der Waals surface area (Å²) in [4.78, 5) is 34.2. The minimum Gasteiger partial charge on any atom is -0.404 e. The van der Waals surface area contributed by atoms with Crippen LogP contribution in [-0.2, 0) is 99.9 Å². The summed E-state index contributed by atoms with van der Waals surface area (Å²) in [5, 5.41) is 8.77. The third-order valence-corrected chi connectivity index (χ3v) is 22.1. The number of rotatable bonds is 24. The van der Waals surface area contributed by atoms with E-state index in [9.17, 15) is 43.9 Å². The first-order chi connectivity index (χ1) is 42.8. The van der Waals surface area contributed by atoms with Gasteiger partial charge in [0.15, 0.2) is 21.3 Å². The molecule has 0 spiro atoms. The van der Waals surface area contributed by atoms with Gasteiger partial charge in [-0.15, -0.1) is 0 Å². The molecule has 3 heterocycles. The van der Waals surface area contributed by atoms with E-state index in [1.807, 2.05) is 0 Å². The van der Waals surface area contributed by atoms with Crippen molar-refractivity contribution < 1.29 is 102 Å². The van der Waals surface area contributed by atoms with Gasteiger partial charge in [-0.25, -0.2) is 35.2 Å². The van der Waals surface area contributed by atoms with Gasteiger partial charge in [0.25, 0.3) is 5.92 Å². The molecule has 1 N–H and O–H groups in total. The highest BCUT2D eigenvalue weighted by molar-refractivity contribution is 7.93. The van der Waals surface area contributed by atoms with E-state index in [1.54, 1.807) is 0 Å². The molecule has 2 aliphatic carbocycles. The number of alkyl halides is 8. The normalized spacial score (nSPS) is 16.4. The predicted molar refractivity (Wildman–Crippen MR) is 321 cm³/mol. The molecule has 3 aromatic heterocycles. The van der Waals surface area contributed by atoms with E-state index < -0.39 is 181 Å². The summed E-state index contributed by atoms with van der Waals surface area (Å²) >= 11 is 6.89. The van der Waals surface area contributed by atoms with Crippen molar-refractivity contribution >= 4 is 75.4 Å². The molecular weight excluding hydrogens is 1350 g/mol. The van der Waals surface area contributed by atoms with E-state index in [0.717, 1.165) is 56.9 Å². The Bertz CT molecular complexity index is 4340. The number of carbonyl (C=O) groups excluding carboxylic acids is 2. The standard InChI is InChI=1S/C58H62ClF10N7O13P2S2/c1-12-87-91(80,88-13-2)89-43-24-33(29-90(79,85-8)86-9)20-31(3)48(43)54(4,5)27-45(78)76(93(11,83)84)53-47-41(59)17-16-38(50(47)75(73-53)30-56(62,63)64)37-15-14-36(18-19-55(6,7)92(10,81)82)70-49(37)42(23-32-21-34(60)25-35(61)22-32)71-44(77)28-74-52-46(51(72-74)58(67,68)69)39-26-40(39)57(52,65)66/h14-17,20-22,24-25,39-40,42H,12-13,23,26-30H2,1-11H3,(H,71,77)/t39-,40+,42-/m0/s1. The van der Waals surface area contributed by atoms with Crippen LogP contribution in [0, 0.1) is 36.3 Å². The average Bonchev–Trinajstić information content (AvgIpc) is 1.52. The maximum atomic E-state index is 15.8. The second-order valence-corrected chi connectivity index (χ2v) is 32.0.